The van der Waals surface area contributed by atoms with Crippen LogP contribution in [0.15, 0.2) is 33.9 Å². The lowest BCUT2D eigenvalue weighted by atomic mass is 10.1. The van der Waals surface area contributed by atoms with Crippen LogP contribution in [-0.4, -0.2) is 56.4 Å². The number of thioether (sulfide) groups is 1. The van der Waals surface area contributed by atoms with Gasteiger partial charge in [0.05, 0.1) is 32.7 Å². The van der Waals surface area contributed by atoms with Crippen molar-refractivity contribution in [3.05, 3.63) is 45.0 Å². The first-order valence-corrected chi connectivity index (χ1v) is 11.1. The average molecular weight is 463 g/mol. The second-order valence-electron chi connectivity index (χ2n) is 6.45. The normalized spacial score (nSPS) is 14.8. The van der Waals surface area contributed by atoms with Crippen LogP contribution in [0.5, 0.6) is 17.2 Å². The number of benzene rings is 1. The highest BCUT2D eigenvalue weighted by Crippen LogP contribution is 2.40. The Hall–Kier alpha value is -2.98. The highest BCUT2D eigenvalue weighted by Gasteiger charge is 2.34. The number of carbonyl (C=O) groups excluding carboxylic acids is 3. The van der Waals surface area contributed by atoms with Crippen LogP contribution in [0.25, 0.3) is 6.08 Å². The van der Waals surface area contributed by atoms with Gasteiger partial charge >= 0.3 is 0 Å². The van der Waals surface area contributed by atoms with E-state index in [4.69, 9.17) is 14.2 Å². The third kappa shape index (κ3) is 5.39. The van der Waals surface area contributed by atoms with Crippen molar-refractivity contribution in [1.29, 1.82) is 0 Å². The van der Waals surface area contributed by atoms with E-state index in [2.05, 4.69) is 5.32 Å². The van der Waals surface area contributed by atoms with Crippen molar-refractivity contribution in [2.24, 2.45) is 0 Å². The maximum atomic E-state index is 12.7. The van der Waals surface area contributed by atoms with Gasteiger partial charge in [-0.15, -0.1) is 0 Å². The molecule has 0 saturated carbocycles. The van der Waals surface area contributed by atoms with Gasteiger partial charge in [0.1, 0.15) is 0 Å². The Kier molecular flexibility index (Phi) is 7.59. The number of imide groups is 1. The number of thiophene rings is 1. The molecule has 1 aromatic heterocycles. The number of ether oxygens (including phenoxy) is 3. The van der Waals surface area contributed by atoms with Gasteiger partial charge in [0.15, 0.2) is 11.5 Å². The van der Waals surface area contributed by atoms with E-state index < -0.39 is 5.91 Å². The second kappa shape index (κ2) is 10.4. The van der Waals surface area contributed by atoms with E-state index in [1.807, 2.05) is 16.8 Å². The van der Waals surface area contributed by atoms with Crippen LogP contribution in [0, 0.1) is 0 Å². The Bertz CT molecular complexity index is 978. The number of hydrogen-bond acceptors (Lipinski definition) is 8. The topological polar surface area (TPSA) is 94.2 Å². The van der Waals surface area contributed by atoms with Gasteiger partial charge in [-0.05, 0) is 57.9 Å². The number of methoxy groups -OCH3 is 3. The largest absolute Gasteiger partial charge is 0.493 e. The summed E-state index contributed by atoms with van der Waals surface area (Å²) in [7, 11) is 4.51. The molecular weight excluding hydrogens is 440 g/mol. The lowest BCUT2D eigenvalue weighted by Gasteiger charge is -2.13. The van der Waals surface area contributed by atoms with Crippen LogP contribution in [0.2, 0.25) is 0 Å². The van der Waals surface area contributed by atoms with Gasteiger partial charge in [0.2, 0.25) is 11.7 Å². The zero-order chi connectivity index (χ0) is 22.4. The zero-order valence-corrected chi connectivity index (χ0v) is 18.9. The van der Waals surface area contributed by atoms with Gasteiger partial charge in [-0.3, -0.25) is 19.3 Å². The fraction of sp³-hybridized carbons (Fsp3) is 0.286. The van der Waals surface area contributed by atoms with Gasteiger partial charge in [-0.2, -0.15) is 11.3 Å². The fourth-order valence-corrected chi connectivity index (χ4v) is 4.51. The maximum Gasteiger partial charge on any atom is 0.293 e. The van der Waals surface area contributed by atoms with Gasteiger partial charge in [-0.1, -0.05) is 0 Å². The molecule has 0 bridgehead atoms. The van der Waals surface area contributed by atoms with E-state index in [1.165, 1.54) is 32.7 Å². The molecule has 1 aromatic carbocycles. The van der Waals surface area contributed by atoms with Crippen LogP contribution in [0.4, 0.5) is 4.79 Å². The van der Waals surface area contributed by atoms with Crippen LogP contribution >= 0.6 is 23.1 Å². The zero-order valence-electron chi connectivity index (χ0n) is 17.3. The van der Waals surface area contributed by atoms with Crippen molar-refractivity contribution in [3.63, 3.8) is 0 Å². The summed E-state index contributed by atoms with van der Waals surface area (Å²) in [6.07, 6.45) is 1.87. The van der Waals surface area contributed by atoms with E-state index in [9.17, 15) is 14.4 Å². The minimum Gasteiger partial charge on any atom is -0.493 e. The van der Waals surface area contributed by atoms with E-state index >= 15 is 0 Å². The van der Waals surface area contributed by atoms with Gasteiger partial charge in [0.25, 0.3) is 11.1 Å². The predicted octanol–water partition coefficient (Wildman–Crippen LogP) is 3.17. The first-order valence-electron chi connectivity index (χ1n) is 9.30. The summed E-state index contributed by atoms with van der Waals surface area (Å²) in [6.45, 7) is 0.297. The van der Waals surface area contributed by atoms with Crippen molar-refractivity contribution in [3.8, 4) is 17.2 Å². The number of rotatable bonds is 9. The number of carbonyl (C=O) groups is 3. The van der Waals surface area contributed by atoms with E-state index in [0.29, 0.717) is 22.8 Å². The quantitative estimate of drug-likeness (QED) is 0.572. The summed E-state index contributed by atoms with van der Waals surface area (Å²) in [4.78, 5) is 38.4. The number of nitrogens with one attached hydrogen (secondary N) is 1. The number of amides is 3. The molecule has 0 unspecified atom stereocenters. The molecule has 1 saturated heterocycles. The lowest BCUT2D eigenvalue weighted by Crippen LogP contribution is -2.37. The molecule has 10 heteroatoms. The molecule has 2 aromatic rings. The minimum atomic E-state index is -0.407. The Morgan fingerprint density at radius 3 is 2.42 bits per heavy atom. The highest BCUT2D eigenvalue weighted by atomic mass is 32.2. The van der Waals surface area contributed by atoms with Crippen LogP contribution in [-0.2, 0) is 16.0 Å². The molecular formula is C21H22N2O6S2. The van der Waals surface area contributed by atoms with Gasteiger partial charge in [-0.25, -0.2) is 0 Å². The molecule has 1 aliphatic heterocycles. The first-order chi connectivity index (χ1) is 15.0. The summed E-state index contributed by atoms with van der Waals surface area (Å²) < 4.78 is 15.9. The third-order valence-electron chi connectivity index (χ3n) is 4.46. The first kappa shape index (κ1) is 22.7. The Labute approximate surface area is 188 Å². The van der Waals surface area contributed by atoms with Crippen LogP contribution in [0.1, 0.15) is 11.1 Å². The molecule has 3 rings (SSSR count). The van der Waals surface area contributed by atoms with Crippen molar-refractivity contribution in [1.82, 2.24) is 10.2 Å². The monoisotopic (exact) mass is 462 g/mol. The van der Waals surface area contributed by atoms with Crippen molar-refractivity contribution in [2.75, 3.05) is 34.4 Å². The molecule has 1 N–H and O–H groups in total. The summed E-state index contributed by atoms with van der Waals surface area (Å²) in [5, 5.41) is 6.17. The molecule has 0 atom stereocenters. The Morgan fingerprint density at radius 2 is 1.84 bits per heavy atom. The fourth-order valence-electron chi connectivity index (χ4n) is 2.98. The molecule has 164 valence electrons. The number of nitrogens with zero attached hydrogens (tertiary/aromatic N) is 1. The van der Waals surface area contributed by atoms with Gasteiger partial charge < -0.3 is 19.5 Å². The van der Waals surface area contributed by atoms with Crippen molar-refractivity contribution >= 4 is 46.2 Å². The molecule has 8 nitrogen and oxygen atoms in total. The molecule has 31 heavy (non-hydrogen) atoms. The lowest BCUT2D eigenvalue weighted by molar-refractivity contribution is -0.124. The maximum absolute atomic E-state index is 12.7. The van der Waals surface area contributed by atoms with E-state index in [-0.39, 0.29) is 35.6 Å². The summed E-state index contributed by atoms with van der Waals surface area (Å²) in [5.74, 6) is 0.768. The molecule has 1 aliphatic rings. The van der Waals surface area contributed by atoms with Crippen LogP contribution < -0.4 is 19.5 Å². The summed E-state index contributed by atoms with van der Waals surface area (Å²) in [6, 6.07) is 5.27. The van der Waals surface area contributed by atoms with E-state index in [1.54, 1.807) is 18.2 Å². The van der Waals surface area contributed by atoms with Crippen molar-refractivity contribution in [2.45, 2.75) is 6.42 Å². The smallest absolute Gasteiger partial charge is 0.293 e. The van der Waals surface area contributed by atoms with Gasteiger partial charge in [0, 0.05) is 13.1 Å². The molecule has 0 spiro atoms. The predicted molar refractivity (Wildman–Crippen MR) is 120 cm³/mol. The highest BCUT2D eigenvalue weighted by molar-refractivity contribution is 8.18. The standard InChI is InChI=1S/C21H22N2O6S2/c1-27-15-8-14(9-16(28-2)19(15)29-3)10-17-20(25)23(21(26)31-17)6-5-22-18(24)11-13-4-7-30-12-13/h4,7-10,12H,5-6,11H2,1-3H3,(H,22,24). The molecule has 0 aliphatic carbocycles. The summed E-state index contributed by atoms with van der Waals surface area (Å²) >= 11 is 2.37. The third-order valence-corrected chi connectivity index (χ3v) is 6.10. The molecule has 3 amide bonds. The molecule has 1 fully saturated rings. The van der Waals surface area contributed by atoms with E-state index in [0.717, 1.165) is 22.2 Å². The molecule has 2 heterocycles. The second-order valence-corrected chi connectivity index (χ2v) is 8.22. The van der Waals surface area contributed by atoms with Crippen LogP contribution in [0.3, 0.4) is 0 Å². The summed E-state index contributed by atoms with van der Waals surface area (Å²) in [5.41, 5.74) is 1.56. The minimum absolute atomic E-state index is 0.104. The SMILES string of the molecule is COc1cc(C=C2SC(=O)N(CCNC(=O)Cc3ccsc3)C2=O)cc(OC)c1OC. The molecule has 0 radical (unpaired) electrons. The number of hydrogen-bond donors (Lipinski definition) is 1. The Balaban J connectivity index is 1.65. The average Bonchev–Trinajstić information content (AvgIpc) is 3.36. The Morgan fingerprint density at radius 1 is 1.13 bits per heavy atom. The van der Waals surface area contributed by atoms with Crippen molar-refractivity contribution < 1.29 is 28.6 Å².